The van der Waals surface area contributed by atoms with E-state index in [0.717, 1.165) is 49.1 Å². The smallest absolute Gasteiger partial charge is 0.223 e. The molecule has 1 saturated heterocycles. The molecule has 1 fully saturated rings. The average Bonchev–Trinajstić information content (AvgIpc) is 2.56. The van der Waals surface area contributed by atoms with E-state index in [1.807, 2.05) is 18.2 Å². The van der Waals surface area contributed by atoms with Crippen molar-refractivity contribution in [2.75, 3.05) is 38.2 Å². The van der Waals surface area contributed by atoms with E-state index in [0.29, 0.717) is 5.75 Å². The number of H-pyrrole nitrogens is 1. The first-order valence-corrected chi connectivity index (χ1v) is 8.02. The summed E-state index contributed by atoms with van der Waals surface area (Å²) in [6.45, 7) is 4.52. The Kier molecular flexibility index (Phi) is 4.88. The number of ether oxygens (including phenoxy) is 1. The van der Waals surface area contributed by atoms with Gasteiger partial charge in [-0.25, -0.2) is 0 Å². The summed E-state index contributed by atoms with van der Waals surface area (Å²) >= 11 is 6.06. The van der Waals surface area contributed by atoms with Crippen LogP contribution in [-0.4, -0.2) is 43.2 Å². The van der Waals surface area contributed by atoms with Gasteiger partial charge in [-0.15, -0.1) is 0 Å². The molecular formula is C17H20ClN3O2. The Labute approximate surface area is 140 Å². The lowest BCUT2D eigenvalue weighted by Crippen LogP contribution is -2.46. The topological polar surface area (TPSA) is 48.6 Å². The van der Waals surface area contributed by atoms with E-state index >= 15 is 0 Å². The minimum atomic E-state index is -0.0844. The van der Waals surface area contributed by atoms with E-state index in [-0.39, 0.29) is 5.43 Å². The molecule has 6 heteroatoms. The number of halogens is 1. The number of aromatic nitrogens is 1. The number of pyridine rings is 1. The molecule has 0 amide bonds. The summed E-state index contributed by atoms with van der Waals surface area (Å²) in [6, 6.07) is 9.57. The molecule has 0 unspecified atom stereocenters. The molecule has 0 radical (unpaired) electrons. The zero-order valence-corrected chi connectivity index (χ0v) is 13.8. The number of nitrogens with zero attached hydrogens (tertiary/aromatic N) is 2. The quantitative estimate of drug-likeness (QED) is 0.933. The van der Waals surface area contributed by atoms with Crippen LogP contribution in [0.25, 0.3) is 0 Å². The average molecular weight is 334 g/mol. The summed E-state index contributed by atoms with van der Waals surface area (Å²) in [4.78, 5) is 19.6. The fraction of sp³-hybridized carbons (Fsp3) is 0.353. The summed E-state index contributed by atoms with van der Waals surface area (Å²) in [6.07, 6.45) is 1.62. The van der Waals surface area contributed by atoms with Gasteiger partial charge in [-0.05, 0) is 18.2 Å². The first-order chi connectivity index (χ1) is 11.2. The number of methoxy groups -OCH3 is 1. The third-order valence-electron chi connectivity index (χ3n) is 4.10. The lowest BCUT2D eigenvalue weighted by molar-refractivity contribution is 0.247. The number of benzene rings is 1. The van der Waals surface area contributed by atoms with Crippen molar-refractivity contribution in [2.24, 2.45) is 0 Å². The van der Waals surface area contributed by atoms with E-state index in [9.17, 15) is 4.79 Å². The second kappa shape index (κ2) is 7.06. The van der Waals surface area contributed by atoms with Gasteiger partial charge >= 0.3 is 0 Å². The summed E-state index contributed by atoms with van der Waals surface area (Å²) in [7, 11) is 1.50. The van der Waals surface area contributed by atoms with Crippen molar-refractivity contribution in [2.45, 2.75) is 6.54 Å². The lowest BCUT2D eigenvalue weighted by atomic mass is 10.2. The maximum Gasteiger partial charge on any atom is 0.223 e. The molecule has 1 aromatic heterocycles. The largest absolute Gasteiger partial charge is 0.491 e. The second-order valence-corrected chi connectivity index (χ2v) is 6.07. The summed E-state index contributed by atoms with van der Waals surface area (Å²) < 4.78 is 4.99. The number of rotatable bonds is 4. The van der Waals surface area contributed by atoms with Gasteiger partial charge in [0.1, 0.15) is 0 Å². The predicted molar refractivity (Wildman–Crippen MR) is 92.6 cm³/mol. The molecule has 1 aromatic carbocycles. The number of hydrogen-bond donors (Lipinski definition) is 1. The number of nitrogens with one attached hydrogen (secondary N) is 1. The van der Waals surface area contributed by atoms with Crippen molar-refractivity contribution < 1.29 is 4.74 Å². The molecule has 2 aromatic rings. The van der Waals surface area contributed by atoms with Crippen molar-refractivity contribution in [1.82, 2.24) is 9.88 Å². The van der Waals surface area contributed by atoms with Crippen molar-refractivity contribution in [3.8, 4) is 5.75 Å². The SMILES string of the molecule is COc1c[nH]c(CN2CCN(c3cccc(Cl)c3)CC2)cc1=O. The number of aromatic amines is 1. The van der Waals surface area contributed by atoms with E-state index in [1.165, 1.54) is 7.11 Å². The first-order valence-electron chi connectivity index (χ1n) is 7.64. The predicted octanol–water partition coefficient (Wildman–Crippen LogP) is 2.36. The van der Waals surface area contributed by atoms with Gasteiger partial charge in [0.15, 0.2) is 5.75 Å². The highest BCUT2D eigenvalue weighted by molar-refractivity contribution is 6.30. The lowest BCUT2D eigenvalue weighted by Gasteiger charge is -2.36. The Morgan fingerprint density at radius 3 is 2.65 bits per heavy atom. The molecule has 0 bridgehead atoms. The second-order valence-electron chi connectivity index (χ2n) is 5.63. The van der Waals surface area contributed by atoms with E-state index in [4.69, 9.17) is 16.3 Å². The van der Waals surface area contributed by atoms with Crippen molar-refractivity contribution >= 4 is 17.3 Å². The standard InChI is InChI=1S/C17H20ClN3O2/c1-23-17-11-19-14(10-16(17)22)12-20-5-7-21(8-6-20)15-4-2-3-13(18)9-15/h2-4,9-11H,5-8,12H2,1H3,(H,19,22). The highest BCUT2D eigenvalue weighted by atomic mass is 35.5. The maximum atomic E-state index is 11.8. The van der Waals surface area contributed by atoms with Crippen LogP contribution in [0.1, 0.15) is 5.69 Å². The molecule has 23 heavy (non-hydrogen) atoms. The van der Waals surface area contributed by atoms with Gasteiger partial charge in [-0.3, -0.25) is 9.69 Å². The van der Waals surface area contributed by atoms with Gasteiger partial charge in [0, 0.05) is 61.4 Å². The van der Waals surface area contributed by atoms with E-state index in [2.05, 4.69) is 20.9 Å². The molecule has 0 saturated carbocycles. The molecule has 122 valence electrons. The van der Waals surface area contributed by atoms with Crippen LogP contribution in [0.4, 0.5) is 5.69 Å². The number of hydrogen-bond acceptors (Lipinski definition) is 4. The Morgan fingerprint density at radius 2 is 2.00 bits per heavy atom. The molecule has 1 aliphatic rings. The van der Waals surface area contributed by atoms with Gasteiger partial charge in [0.25, 0.3) is 0 Å². The summed E-state index contributed by atoms with van der Waals surface area (Å²) in [5, 5.41) is 0.765. The van der Waals surface area contributed by atoms with Crippen LogP contribution in [0.15, 0.2) is 41.3 Å². The van der Waals surface area contributed by atoms with Crippen LogP contribution in [0.2, 0.25) is 5.02 Å². The monoisotopic (exact) mass is 333 g/mol. The van der Waals surface area contributed by atoms with Crippen LogP contribution >= 0.6 is 11.6 Å². The van der Waals surface area contributed by atoms with Gasteiger partial charge in [-0.1, -0.05) is 17.7 Å². The van der Waals surface area contributed by atoms with Gasteiger partial charge in [0.2, 0.25) is 5.43 Å². The molecule has 3 rings (SSSR count). The fourth-order valence-electron chi connectivity index (χ4n) is 2.83. The Bertz CT molecular complexity index is 724. The van der Waals surface area contributed by atoms with E-state index in [1.54, 1.807) is 12.3 Å². The number of anilines is 1. The highest BCUT2D eigenvalue weighted by Crippen LogP contribution is 2.21. The Morgan fingerprint density at radius 1 is 1.22 bits per heavy atom. The Balaban J connectivity index is 1.59. The van der Waals surface area contributed by atoms with Crippen LogP contribution < -0.4 is 15.1 Å². The summed E-state index contributed by atoms with van der Waals surface area (Å²) in [5.74, 6) is 0.347. The van der Waals surface area contributed by atoms with Crippen molar-refractivity contribution in [3.63, 3.8) is 0 Å². The normalized spacial score (nSPS) is 15.7. The molecule has 1 N–H and O–H groups in total. The van der Waals surface area contributed by atoms with Crippen LogP contribution in [0.5, 0.6) is 5.75 Å². The molecule has 0 atom stereocenters. The van der Waals surface area contributed by atoms with Crippen LogP contribution in [-0.2, 0) is 6.54 Å². The van der Waals surface area contributed by atoms with Crippen molar-refractivity contribution in [1.29, 1.82) is 0 Å². The molecule has 0 spiro atoms. The van der Waals surface area contributed by atoms with E-state index < -0.39 is 0 Å². The fourth-order valence-corrected chi connectivity index (χ4v) is 3.01. The number of piperazine rings is 1. The summed E-state index contributed by atoms with van der Waals surface area (Å²) in [5.41, 5.74) is 1.99. The minimum absolute atomic E-state index is 0.0844. The molecule has 5 nitrogen and oxygen atoms in total. The molecule has 1 aliphatic heterocycles. The zero-order valence-electron chi connectivity index (χ0n) is 13.1. The van der Waals surface area contributed by atoms with Crippen LogP contribution in [0, 0.1) is 0 Å². The van der Waals surface area contributed by atoms with Crippen LogP contribution in [0.3, 0.4) is 0 Å². The van der Waals surface area contributed by atoms with Gasteiger partial charge in [0.05, 0.1) is 7.11 Å². The van der Waals surface area contributed by atoms with Crippen molar-refractivity contribution in [3.05, 3.63) is 57.5 Å². The molecular weight excluding hydrogens is 314 g/mol. The minimum Gasteiger partial charge on any atom is -0.491 e. The third kappa shape index (κ3) is 3.86. The molecule has 2 heterocycles. The zero-order chi connectivity index (χ0) is 16.2. The van der Waals surface area contributed by atoms with Gasteiger partial charge in [-0.2, -0.15) is 0 Å². The Hall–Kier alpha value is -1.98. The first kappa shape index (κ1) is 15.9. The highest BCUT2D eigenvalue weighted by Gasteiger charge is 2.18. The molecule has 0 aliphatic carbocycles. The maximum absolute atomic E-state index is 11.8. The third-order valence-corrected chi connectivity index (χ3v) is 4.33. The van der Waals surface area contributed by atoms with Gasteiger partial charge < -0.3 is 14.6 Å².